The zero-order valence-corrected chi connectivity index (χ0v) is 12.3. The van der Waals surface area contributed by atoms with E-state index in [2.05, 4.69) is 15.7 Å². The van der Waals surface area contributed by atoms with Crippen LogP contribution in [0.4, 0.5) is 5.69 Å². The molecular formula is C14H23N5O2. The van der Waals surface area contributed by atoms with Crippen molar-refractivity contribution in [3.8, 4) is 0 Å². The molecule has 1 saturated carbocycles. The van der Waals surface area contributed by atoms with Crippen LogP contribution in [-0.2, 0) is 16.1 Å². The highest BCUT2D eigenvalue weighted by Crippen LogP contribution is 2.28. The molecule has 0 saturated heterocycles. The average Bonchev–Trinajstić information content (AvgIpc) is 2.94. The normalized spacial score (nSPS) is 21.8. The van der Waals surface area contributed by atoms with Crippen LogP contribution in [0.15, 0.2) is 12.4 Å². The van der Waals surface area contributed by atoms with Gasteiger partial charge in [0.25, 0.3) is 0 Å². The number of aromatic nitrogens is 2. The molecule has 1 aromatic heterocycles. The third-order valence-corrected chi connectivity index (χ3v) is 4.04. The van der Waals surface area contributed by atoms with Gasteiger partial charge in [-0.25, -0.2) is 0 Å². The number of hydrogen-bond donors (Lipinski definition) is 3. The molecule has 2 amide bonds. The molecule has 0 aliphatic heterocycles. The van der Waals surface area contributed by atoms with Crippen LogP contribution in [0.25, 0.3) is 0 Å². The summed E-state index contributed by atoms with van der Waals surface area (Å²) in [6.07, 6.45) is 7.04. The minimum absolute atomic E-state index is 0.0324. The van der Waals surface area contributed by atoms with E-state index in [4.69, 9.17) is 5.73 Å². The van der Waals surface area contributed by atoms with Gasteiger partial charge in [0, 0.05) is 19.2 Å². The van der Waals surface area contributed by atoms with Gasteiger partial charge in [0.2, 0.25) is 11.8 Å². The molecule has 116 valence electrons. The van der Waals surface area contributed by atoms with Crippen molar-refractivity contribution in [2.45, 2.75) is 32.2 Å². The van der Waals surface area contributed by atoms with Gasteiger partial charge in [-0.05, 0) is 38.1 Å². The zero-order valence-electron chi connectivity index (χ0n) is 12.3. The predicted octanol–water partition coefficient (Wildman–Crippen LogP) is 0.333. The molecule has 1 aromatic rings. The molecule has 7 heteroatoms. The number of hydrogen-bond acceptors (Lipinski definition) is 4. The van der Waals surface area contributed by atoms with Crippen LogP contribution in [0.5, 0.6) is 0 Å². The molecule has 0 bridgehead atoms. The van der Waals surface area contributed by atoms with Gasteiger partial charge < -0.3 is 16.4 Å². The topological polar surface area (TPSA) is 102 Å². The van der Waals surface area contributed by atoms with Gasteiger partial charge in [-0.2, -0.15) is 5.10 Å². The van der Waals surface area contributed by atoms with E-state index in [-0.39, 0.29) is 24.3 Å². The first-order valence-electron chi connectivity index (χ1n) is 7.36. The molecule has 1 heterocycles. The summed E-state index contributed by atoms with van der Waals surface area (Å²) in [6, 6.07) is 0. The van der Waals surface area contributed by atoms with Crippen LogP contribution in [-0.4, -0.2) is 35.2 Å². The standard InChI is InChI=1S/C14H23N5O2/c1-16-13(20)9-19-8-12(7-17-19)18-14(21)11-4-2-10(6-15)3-5-11/h7-8,10-11H,2-6,9,15H2,1H3,(H,16,20)(H,18,21). The van der Waals surface area contributed by atoms with Gasteiger partial charge in [-0.3, -0.25) is 14.3 Å². The summed E-state index contributed by atoms with van der Waals surface area (Å²) >= 11 is 0. The first-order valence-corrected chi connectivity index (χ1v) is 7.36. The molecule has 0 aromatic carbocycles. The van der Waals surface area contributed by atoms with Crippen molar-refractivity contribution in [2.75, 3.05) is 18.9 Å². The lowest BCUT2D eigenvalue weighted by Crippen LogP contribution is -2.29. The molecule has 0 unspecified atom stereocenters. The van der Waals surface area contributed by atoms with Crippen molar-refractivity contribution in [3.05, 3.63) is 12.4 Å². The van der Waals surface area contributed by atoms with Crippen LogP contribution in [0.1, 0.15) is 25.7 Å². The summed E-state index contributed by atoms with van der Waals surface area (Å²) in [6.45, 7) is 0.856. The fourth-order valence-corrected chi connectivity index (χ4v) is 2.65. The van der Waals surface area contributed by atoms with Crippen molar-refractivity contribution in [3.63, 3.8) is 0 Å². The van der Waals surface area contributed by atoms with E-state index < -0.39 is 0 Å². The summed E-state index contributed by atoms with van der Waals surface area (Å²) in [5.41, 5.74) is 6.29. The van der Waals surface area contributed by atoms with E-state index in [0.29, 0.717) is 18.2 Å². The third kappa shape index (κ3) is 4.29. The second kappa shape index (κ2) is 7.21. The Kier molecular flexibility index (Phi) is 5.32. The maximum Gasteiger partial charge on any atom is 0.241 e. The minimum atomic E-state index is -0.129. The van der Waals surface area contributed by atoms with E-state index in [9.17, 15) is 9.59 Å². The fraction of sp³-hybridized carbons (Fsp3) is 0.643. The van der Waals surface area contributed by atoms with E-state index in [1.54, 1.807) is 19.4 Å². The van der Waals surface area contributed by atoms with Crippen LogP contribution in [0.2, 0.25) is 0 Å². The highest BCUT2D eigenvalue weighted by Gasteiger charge is 2.25. The lowest BCUT2D eigenvalue weighted by atomic mass is 9.81. The highest BCUT2D eigenvalue weighted by atomic mass is 16.2. The Balaban J connectivity index is 1.84. The maximum atomic E-state index is 12.2. The summed E-state index contributed by atoms with van der Waals surface area (Å²) in [5, 5.41) is 9.45. The molecular weight excluding hydrogens is 270 g/mol. The van der Waals surface area contributed by atoms with Crippen LogP contribution in [0, 0.1) is 11.8 Å². The molecule has 0 radical (unpaired) electrons. The number of nitrogens with two attached hydrogens (primary N) is 1. The van der Waals surface area contributed by atoms with Crippen molar-refractivity contribution in [1.29, 1.82) is 0 Å². The van der Waals surface area contributed by atoms with Gasteiger partial charge in [-0.1, -0.05) is 0 Å². The number of carbonyl (C=O) groups excluding carboxylic acids is 2. The second-order valence-corrected chi connectivity index (χ2v) is 5.54. The van der Waals surface area contributed by atoms with Gasteiger partial charge in [0.1, 0.15) is 6.54 Å². The fourth-order valence-electron chi connectivity index (χ4n) is 2.65. The first-order chi connectivity index (χ1) is 10.1. The summed E-state index contributed by atoms with van der Waals surface area (Å²) in [7, 11) is 1.58. The molecule has 7 nitrogen and oxygen atoms in total. The Labute approximate surface area is 124 Å². The number of anilines is 1. The van der Waals surface area contributed by atoms with Gasteiger partial charge in [0.05, 0.1) is 11.9 Å². The summed E-state index contributed by atoms with van der Waals surface area (Å²) in [5.74, 6) is 0.514. The predicted molar refractivity (Wildman–Crippen MR) is 79.4 cm³/mol. The lowest BCUT2D eigenvalue weighted by molar-refractivity contribution is -0.121. The molecule has 4 N–H and O–H groups in total. The molecule has 2 rings (SSSR count). The Hall–Kier alpha value is -1.89. The smallest absolute Gasteiger partial charge is 0.241 e. The Morgan fingerprint density at radius 1 is 1.38 bits per heavy atom. The Morgan fingerprint density at radius 3 is 2.71 bits per heavy atom. The van der Waals surface area contributed by atoms with Crippen LogP contribution >= 0.6 is 0 Å². The van der Waals surface area contributed by atoms with E-state index in [1.165, 1.54) is 4.68 Å². The second-order valence-electron chi connectivity index (χ2n) is 5.54. The monoisotopic (exact) mass is 293 g/mol. The van der Waals surface area contributed by atoms with Crippen molar-refractivity contribution in [2.24, 2.45) is 17.6 Å². The summed E-state index contributed by atoms with van der Waals surface area (Å²) in [4.78, 5) is 23.4. The molecule has 0 spiro atoms. The Morgan fingerprint density at radius 2 is 2.10 bits per heavy atom. The number of likely N-dealkylation sites (N-methyl/N-ethyl adjacent to an activating group) is 1. The average molecular weight is 293 g/mol. The van der Waals surface area contributed by atoms with Crippen molar-refractivity contribution in [1.82, 2.24) is 15.1 Å². The Bertz CT molecular complexity index is 491. The van der Waals surface area contributed by atoms with Gasteiger partial charge >= 0.3 is 0 Å². The largest absolute Gasteiger partial charge is 0.358 e. The van der Waals surface area contributed by atoms with Crippen molar-refractivity contribution >= 4 is 17.5 Å². The van der Waals surface area contributed by atoms with Crippen LogP contribution in [0.3, 0.4) is 0 Å². The van der Waals surface area contributed by atoms with E-state index >= 15 is 0 Å². The number of nitrogens with zero attached hydrogens (tertiary/aromatic N) is 2. The quantitative estimate of drug-likeness (QED) is 0.728. The zero-order chi connectivity index (χ0) is 15.2. The van der Waals surface area contributed by atoms with Crippen molar-refractivity contribution < 1.29 is 9.59 Å². The molecule has 1 aliphatic carbocycles. The summed E-state index contributed by atoms with van der Waals surface area (Å²) < 4.78 is 1.50. The van der Waals surface area contributed by atoms with Crippen LogP contribution < -0.4 is 16.4 Å². The third-order valence-electron chi connectivity index (χ3n) is 4.04. The number of nitrogens with one attached hydrogen (secondary N) is 2. The first kappa shape index (κ1) is 15.5. The van der Waals surface area contributed by atoms with Gasteiger partial charge in [-0.15, -0.1) is 0 Å². The number of rotatable bonds is 5. The minimum Gasteiger partial charge on any atom is -0.358 e. The molecule has 1 fully saturated rings. The van der Waals surface area contributed by atoms with Gasteiger partial charge in [0.15, 0.2) is 0 Å². The maximum absolute atomic E-state index is 12.2. The molecule has 0 atom stereocenters. The van der Waals surface area contributed by atoms with E-state index in [1.807, 2.05) is 0 Å². The molecule has 1 aliphatic rings. The number of carbonyl (C=O) groups is 2. The molecule has 21 heavy (non-hydrogen) atoms. The SMILES string of the molecule is CNC(=O)Cn1cc(NC(=O)C2CCC(CN)CC2)cn1. The van der Waals surface area contributed by atoms with E-state index in [0.717, 1.165) is 25.7 Å². The highest BCUT2D eigenvalue weighted by molar-refractivity contribution is 5.92. The lowest BCUT2D eigenvalue weighted by Gasteiger charge is -2.26. The number of amides is 2.